The average Bonchev–Trinajstić information content (AvgIpc) is 3.06. The second kappa shape index (κ2) is 7.80. The van der Waals surface area contributed by atoms with E-state index in [9.17, 15) is 4.79 Å². The van der Waals surface area contributed by atoms with Crippen LogP contribution in [0.1, 0.15) is 70.9 Å². The van der Waals surface area contributed by atoms with E-state index in [0.717, 1.165) is 37.3 Å². The highest BCUT2D eigenvalue weighted by Gasteiger charge is 2.41. The third-order valence-electron chi connectivity index (χ3n) is 5.83. The Labute approximate surface area is 157 Å². The Kier molecular flexibility index (Phi) is 5.68. The number of aromatic nitrogens is 2. The molecule has 26 heavy (non-hydrogen) atoms. The molecule has 1 amide bonds. The second-order valence-electron chi connectivity index (χ2n) is 8.42. The number of carbonyl (C=O) groups is 1. The maximum Gasteiger partial charge on any atom is 0.228 e. The molecule has 6 heteroatoms. The number of amides is 1. The molecule has 144 valence electrons. The third kappa shape index (κ3) is 4.10. The molecule has 0 aromatic carbocycles. The molecule has 2 aliphatic rings. The number of hydrogen-bond acceptors (Lipinski definition) is 5. The molecule has 0 radical (unpaired) electrons. The number of rotatable bonds is 5. The summed E-state index contributed by atoms with van der Waals surface area (Å²) >= 11 is 0. The molecule has 2 N–H and O–H groups in total. The molecular formula is C20H33N5O. The summed E-state index contributed by atoms with van der Waals surface area (Å²) < 4.78 is 0. The molecule has 1 saturated heterocycles. The van der Waals surface area contributed by atoms with Crippen LogP contribution in [0.25, 0.3) is 0 Å². The van der Waals surface area contributed by atoms with Crippen molar-refractivity contribution in [1.82, 2.24) is 15.3 Å². The SMILES string of the molecule is CNc1nc(C(C)C)cc(N2CC[C@@](C)(C(=O)NC3CCCCC3)C2)n1. The molecule has 0 unspecified atom stereocenters. The van der Waals surface area contributed by atoms with Crippen molar-refractivity contribution in [3.05, 3.63) is 11.8 Å². The predicted molar refractivity (Wildman–Crippen MR) is 106 cm³/mol. The van der Waals surface area contributed by atoms with Gasteiger partial charge in [0.1, 0.15) is 5.82 Å². The molecule has 1 atom stereocenters. The van der Waals surface area contributed by atoms with E-state index in [2.05, 4.69) is 52.3 Å². The molecule has 2 fully saturated rings. The Morgan fingerprint density at radius 1 is 1.27 bits per heavy atom. The van der Waals surface area contributed by atoms with Gasteiger partial charge in [-0.25, -0.2) is 4.98 Å². The summed E-state index contributed by atoms with van der Waals surface area (Å²) in [5.74, 6) is 2.11. The van der Waals surface area contributed by atoms with Crippen LogP contribution in [0.15, 0.2) is 6.07 Å². The molecule has 6 nitrogen and oxygen atoms in total. The number of nitrogens with zero attached hydrogens (tertiary/aromatic N) is 3. The zero-order valence-corrected chi connectivity index (χ0v) is 16.6. The van der Waals surface area contributed by atoms with Crippen LogP contribution in [0.2, 0.25) is 0 Å². The van der Waals surface area contributed by atoms with Gasteiger partial charge in [0.05, 0.1) is 11.1 Å². The Morgan fingerprint density at radius 3 is 2.65 bits per heavy atom. The van der Waals surface area contributed by atoms with Gasteiger partial charge in [0.25, 0.3) is 0 Å². The second-order valence-corrected chi connectivity index (χ2v) is 8.42. The topological polar surface area (TPSA) is 70.2 Å². The summed E-state index contributed by atoms with van der Waals surface area (Å²) in [5.41, 5.74) is 0.680. The fourth-order valence-corrected chi connectivity index (χ4v) is 3.97. The van der Waals surface area contributed by atoms with Gasteiger partial charge in [-0.05, 0) is 32.1 Å². The van der Waals surface area contributed by atoms with Crippen LogP contribution in [-0.4, -0.2) is 42.1 Å². The fraction of sp³-hybridized carbons (Fsp3) is 0.750. The number of hydrogen-bond donors (Lipinski definition) is 2. The van der Waals surface area contributed by atoms with Gasteiger partial charge in [-0.1, -0.05) is 33.1 Å². The Balaban J connectivity index is 1.70. The first-order valence-electron chi connectivity index (χ1n) is 10.0. The highest BCUT2D eigenvalue weighted by Crippen LogP contribution is 2.34. The monoisotopic (exact) mass is 359 g/mol. The maximum absolute atomic E-state index is 12.9. The molecule has 3 rings (SSSR count). The van der Waals surface area contributed by atoms with Gasteiger partial charge in [-0.15, -0.1) is 0 Å². The third-order valence-corrected chi connectivity index (χ3v) is 5.83. The first-order chi connectivity index (χ1) is 12.4. The molecule has 1 aliphatic carbocycles. The molecule has 1 aromatic rings. The minimum absolute atomic E-state index is 0.207. The molecule has 0 bridgehead atoms. The highest BCUT2D eigenvalue weighted by atomic mass is 16.2. The Bertz CT molecular complexity index is 641. The fourth-order valence-electron chi connectivity index (χ4n) is 3.97. The van der Waals surface area contributed by atoms with E-state index in [-0.39, 0.29) is 11.3 Å². The molecule has 1 saturated carbocycles. The summed E-state index contributed by atoms with van der Waals surface area (Å²) in [5, 5.41) is 6.37. The van der Waals surface area contributed by atoms with E-state index in [0.29, 0.717) is 24.5 Å². The van der Waals surface area contributed by atoms with Crippen LogP contribution in [-0.2, 0) is 4.79 Å². The highest BCUT2D eigenvalue weighted by molar-refractivity contribution is 5.84. The Hall–Kier alpha value is -1.85. The van der Waals surface area contributed by atoms with Crippen molar-refractivity contribution in [3.63, 3.8) is 0 Å². The lowest BCUT2D eigenvalue weighted by Gasteiger charge is -2.29. The first kappa shape index (κ1) is 18.9. The van der Waals surface area contributed by atoms with Crippen molar-refractivity contribution >= 4 is 17.7 Å². The van der Waals surface area contributed by atoms with Gasteiger partial charge in [0.15, 0.2) is 0 Å². The molecule has 1 aliphatic heterocycles. The van der Waals surface area contributed by atoms with Gasteiger partial charge >= 0.3 is 0 Å². The number of carbonyl (C=O) groups excluding carboxylic acids is 1. The normalized spacial score (nSPS) is 24.1. The summed E-state index contributed by atoms with van der Waals surface area (Å²) in [6.07, 6.45) is 6.89. The summed E-state index contributed by atoms with van der Waals surface area (Å²) in [6.45, 7) is 7.93. The molecule has 1 aromatic heterocycles. The van der Waals surface area contributed by atoms with E-state index < -0.39 is 0 Å². The van der Waals surface area contributed by atoms with Crippen molar-refractivity contribution in [3.8, 4) is 0 Å². The predicted octanol–water partition coefficient (Wildman–Crippen LogP) is 3.31. The van der Waals surface area contributed by atoms with Crippen molar-refractivity contribution in [2.45, 2.75) is 71.3 Å². The van der Waals surface area contributed by atoms with Gasteiger partial charge in [-0.3, -0.25) is 4.79 Å². The smallest absolute Gasteiger partial charge is 0.228 e. The number of anilines is 2. The van der Waals surface area contributed by atoms with Gasteiger partial charge in [-0.2, -0.15) is 4.98 Å². The molecule has 2 heterocycles. The Morgan fingerprint density at radius 2 is 2.00 bits per heavy atom. The lowest BCUT2D eigenvalue weighted by molar-refractivity contribution is -0.130. The largest absolute Gasteiger partial charge is 0.357 e. The summed E-state index contributed by atoms with van der Waals surface area (Å²) in [6, 6.07) is 2.43. The van der Waals surface area contributed by atoms with Gasteiger partial charge in [0, 0.05) is 32.2 Å². The zero-order chi connectivity index (χ0) is 18.7. The van der Waals surface area contributed by atoms with Crippen molar-refractivity contribution < 1.29 is 4.79 Å². The zero-order valence-electron chi connectivity index (χ0n) is 16.6. The minimum atomic E-state index is -0.347. The van der Waals surface area contributed by atoms with Crippen molar-refractivity contribution in [2.24, 2.45) is 5.41 Å². The van der Waals surface area contributed by atoms with E-state index in [4.69, 9.17) is 0 Å². The van der Waals surface area contributed by atoms with E-state index >= 15 is 0 Å². The lowest BCUT2D eigenvalue weighted by atomic mass is 9.87. The van der Waals surface area contributed by atoms with Crippen LogP contribution in [0.4, 0.5) is 11.8 Å². The number of nitrogens with one attached hydrogen (secondary N) is 2. The summed E-state index contributed by atoms with van der Waals surface area (Å²) in [7, 11) is 1.84. The molecular weight excluding hydrogens is 326 g/mol. The van der Waals surface area contributed by atoms with Gasteiger partial charge < -0.3 is 15.5 Å². The van der Waals surface area contributed by atoms with Crippen LogP contribution in [0.3, 0.4) is 0 Å². The van der Waals surface area contributed by atoms with E-state index in [1.54, 1.807) is 0 Å². The minimum Gasteiger partial charge on any atom is -0.357 e. The quantitative estimate of drug-likeness (QED) is 0.844. The average molecular weight is 360 g/mol. The van der Waals surface area contributed by atoms with Crippen LogP contribution in [0.5, 0.6) is 0 Å². The van der Waals surface area contributed by atoms with Crippen molar-refractivity contribution in [2.75, 3.05) is 30.4 Å². The standard InChI is InChI=1S/C20H33N5O/c1-14(2)16-12-17(24-19(21-4)23-16)25-11-10-20(3,13-25)18(26)22-15-8-6-5-7-9-15/h12,14-15H,5-11,13H2,1-4H3,(H,22,26)(H,21,23,24)/t20-/m1/s1. The van der Waals surface area contributed by atoms with Crippen LogP contribution >= 0.6 is 0 Å². The van der Waals surface area contributed by atoms with Crippen LogP contribution in [0, 0.1) is 5.41 Å². The van der Waals surface area contributed by atoms with Crippen molar-refractivity contribution in [1.29, 1.82) is 0 Å². The van der Waals surface area contributed by atoms with E-state index in [1.165, 1.54) is 19.3 Å². The van der Waals surface area contributed by atoms with Crippen LogP contribution < -0.4 is 15.5 Å². The molecule has 0 spiro atoms. The van der Waals surface area contributed by atoms with Gasteiger partial charge in [0.2, 0.25) is 11.9 Å². The summed E-state index contributed by atoms with van der Waals surface area (Å²) in [4.78, 5) is 24.3. The van der Waals surface area contributed by atoms with E-state index in [1.807, 2.05) is 7.05 Å². The first-order valence-corrected chi connectivity index (χ1v) is 10.0. The maximum atomic E-state index is 12.9. The lowest BCUT2D eigenvalue weighted by Crippen LogP contribution is -2.46.